The van der Waals surface area contributed by atoms with E-state index >= 15 is 0 Å². The van der Waals surface area contributed by atoms with Gasteiger partial charge in [-0.3, -0.25) is 4.79 Å². The average molecular weight is 283 g/mol. The molecule has 2 aromatic carbocycles. The fourth-order valence-electron chi connectivity index (χ4n) is 2.31. The van der Waals surface area contributed by atoms with E-state index in [-0.39, 0.29) is 18.0 Å². The van der Waals surface area contributed by atoms with Crippen molar-refractivity contribution in [1.29, 1.82) is 0 Å². The molecular formula is C17H14FNO2. The van der Waals surface area contributed by atoms with E-state index in [0.29, 0.717) is 5.75 Å². The molecule has 21 heavy (non-hydrogen) atoms. The van der Waals surface area contributed by atoms with Crippen LogP contribution in [0.4, 0.5) is 4.39 Å². The molecule has 1 heterocycles. The van der Waals surface area contributed by atoms with Crippen LogP contribution in [0.1, 0.15) is 11.1 Å². The van der Waals surface area contributed by atoms with Crippen molar-refractivity contribution in [1.82, 2.24) is 4.98 Å². The number of para-hydroxylation sites is 1. The van der Waals surface area contributed by atoms with Gasteiger partial charge in [-0.2, -0.15) is 0 Å². The van der Waals surface area contributed by atoms with Gasteiger partial charge in [0, 0.05) is 17.0 Å². The second-order valence-corrected chi connectivity index (χ2v) is 4.90. The highest BCUT2D eigenvalue weighted by molar-refractivity contribution is 5.84. The van der Waals surface area contributed by atoms with Gasteiger partial charge in [0.05, 0.1) is 5.52 Å². The Kier molecular flexibility index (Phi) is 3.44. The van der Waals surface area contributed by atoms with E-state index in [0.717, 1.165) is 22.0 Å². The number of rotatable bonds is 3. The number of H-pyrrole nitrogens is 1. The van der Waals surface area contributed by atoms with Crippen LogP contribution < -0.4 is 10.3 Å². The van der Waals surface area contributed by atoms with Crippen LogP contribution in [0.2, 0.25) is 0 Å². The number of aromatic amines is 1. The van der Waals surface area contributed by atoms with Crippen LogP contribution in [0.5, 0.6) is 5.75 Å². The van der Waals surface area contributed by atoms with Gasteiger partial charge >= 0.3 is 0 Å². The molecule has 4 heteroatoms. The van der Waals surface area contributed by atoms with E-state index in [2.05, 4.69) is 4.98 Å². The Labute approximate surface area is 121 Å². The number of ether oxygens (including phenoxy) is 1. The van der Waals surface area contributed by atoms with Crippen molar-refractivity contribution in [3.63, 3.8) is 0 Å². The molecule has 1 aromatic heterocycles. The molecule has 0 aliphatic carbocycles. The first-order valence-electron chi connectivity index (χ1n) is 6.63. The summed E-state index contributed by atoms with van der Waals surface area (Å²) in [5, 5.41) is 0.955. The first kappa shape index (κ1) is 13.4. The van der Waals surface area contributed by atoms with E-state index in [4.69, 9.17) is 4.74 Å². The number of hydrogen-bond acceptors (Lipinski definition) is 2. The molecule has 106 valence electrons. The lowest BCUT2D eigenvalue weighted by Crippen LogP contribution is -2.09. The second-order valence-electron chi connectivity index (χ2n) is 4.90. The van der Waals surface area contributed by atoms with E-state index < -0.39 is 0 Å². The molecular weight excluding hydrogens is 269 g/mol. The van der Waals surface area contributed by atoms with Crippen molar-refractivity contribution < 1.29 is 9.13 Å². The lowest BCUT2D eigenvalue weighted by atomic mass is 10.1. The lowest BCUT2D eigenvalue weighted by Gasteiger charge is -2.10. The maximum atomic E-state index is 12.9. The van der Waals surface area contributed by atoms with Gasteiger partial charge < -0.3 is 9.72 Å². The summed E-state index contributed by atoms with van der Waals surface area (Å²) < 4.78 is 18.5. The third kappa shape index (κ3) is 2.79. The number of halogens is 1. The summed E-state index contributed by atoms with van der Waals surface area (Å²) in [5.41, 5.74) is 2.48. The Hall–Kier alpha value is -2.62. The molecule has 0 bridgehead atoms. The zero-order chi connectivity index (χ0) is 14.8. The molecule has 0 atom stereocenters. The van der Waals surface area contributed by atoms with E-state index in [9.17, 15) is 9.18 Å². The number of fused-ring (bicyclic) bond motifs is 1. The summed E-state index contributed by atoms with van der Waals surface area (Å²) in [6, 6.07) is 13.2. The minimum atomic E-state index is -0.306. The summed E-state index contributed by atoms with van der Waals surface area (Å²) in [4.78, 5) is 14.6. The van der Waals surface area contributed by atoms with Gasteiger partial charge in [0.25, 0.3) is 0 Å². The summed E-state index contributed by atoms with van der Waals surface area (Å²) >= 11 is 0. The zero-order valence-electron chi connectivity index (χ0n) is 11.5. The number of benzene rings is 2. The highest BCUT2D eigenvalue weighted by Gasteiger charge is 2.06. The van der Waals surface area contributed by atoms with Gasteiger partial charge in [0.1, 0.15) is 18.2 Å². The molecule has 0 saturated heterocycles. The zero-order valence-corrected chi connectivity index (χ0v) is 11.5. The van der Waals surface area contributed by atoms with Crippen LogP contribution >= 0.6 is 0 Å². The average Bonchev–Trinajstić information content (AvgIpc) is 2.47. The molecule has 0 unspecified atom stereocenters. The van der Waals surface area contributed by atoms with Crippen LogP contribution in [0, 0.1) is 12.7 Å². The fourth-order valence-corrected chi connectivity index (χ4v) is 2.31. The van der Waals surface area contributed by atoms with Crippen molar-refractivity contribution in [3.8, 4) is 5.75 Å². The number of aromatic nitrogens is 1. The molecule has 0 radical (unpaired) electrons. The first-order chi connectivity index (χ1) is 10.1. The Morgan fingerprint density at radius 2 is 1.90 bits per heavy atom. The van der Waals surface area contributed by atoms with Crippen LogP contribution in [0.3, 0.4) is 0 Å². The molecule has 0 spiro atoms. The lowest BCUT2D eigenvalue weighted by molar-refractivity contribution is 0.307. The third-order valence-corrected chi connectivity index (χ3v) is 3.38. The monoisotopic (exact) mass is 283 g/mol. The van der Waals surface area contributed by atoms with Crippen molar-refractivity contribution in [2.75, 3.05) is 0 Å². The van der Waals surface area contributed by atoms with E-state index in [1.807, 2.05) is 25.1 Å². The topological polar surface area (TPSA) is 42.1 Å². The molecule has 3 rings (SSSR count). The molecule has 3 nitrogen and oxygen atoms in total. The molecule has 1 N–H and O–H groups in total. The van der Waals surface area contributed by atoms with E-state index in [1.54, 1.807) is 12.1 Å². The van der Waals surface area contributed by atoms with Gasteiger partial charge in [-0.15, -0.1) is 0 Å². The molecule has 0 aliphatic rings. The third-order valence-electron chi connectivity index (χ3n) is 3.38. The predicted molar refractivity (Wildman–Crippen MR) is 80.0 cm³/mol. The number of nitrogens with one attached hydrogen (secondary N) is 1. The summed E-state index contributed by atoms with van der Waals surface area (Å²) in [6.45, 7) is 2.21. The van der Waals surface area contributed by atoms with Crippen LogP contribution in [0.25, 0.3) is 10.9 Å². The van der Waals surface area contributed by atoms with Gasteiger partial charge in [0.2, 0.25) is 5.56 Å². The van der Waals surface area contributed by atoms with Crippen LogP contribution in [-0.4, -0.2) is 4.98 Å². The number of aryl methyl sites for hydroxylation is 1. The van der Waals surface area contributed by atoms with Crippen LogP contribution in [-0.2, 0) is 6.61 Å². The van der Waals surface area contributed by atoms with Crippen molar-refractivity contribution in [3.05, 3.63) is 75.8 Å². The van der Waals surface area contributed by atoms with Gasteiger partial charge in [0.15, 0.2) is 0 Å². The van der Waals surface area contributed by atoms with Gasteiger partial charge in [-0.1, -0.05) is 18.2 Å². The number of pyridine rings is 1. The van der Waals surface area contributed by atoms with Crippen molar-refractivity contribution in [2.45, 2.75) is 13.5 Å². The summed E-state index contributed by atoms with van der Waals surface area (Å²) in [7, 11) is 0. The standard InChI is InChI=1S/C17H14FNO2/c1-11-3-2-4-15-12(9-16(20)19-17(11)15)10-21-14-7-5-13(18)6-8-14/h2-9H,10H2,1H3,(H,19,20). The maximum absolute atomic E-state index is 12.9. The highest BCUT2D eigenvalue weighted by atomic mass is 19.1. The Morgan fingerprint density at radius 3 is 2.67 bits per heavy atom. The minimum Gasteiger partial charge on any atom is -0.489 e. The SMILES string of the molecule is Cc1cccc2c(COc3ccc(F)cc3)cc(=O)[nH]c12. The largest absolute Gasteiger partial charge is 0.489 e. The Balaban J connectivity index is 1.95. The fraction of sp³-hybridized carbons (Fsp3) is 0.118. The molecule has 0 fully saturated rings. The normalized spacial score (nSPS) is 10.8. The minimum absolute atomic E-state index is 0.158. The molecule has 0 aliphatic heterocycles. The molecule has 0 amide bonds. The van der Waals surface area contributed by atoms with Gasteiger partial charge in [-0.05, 0) is 36.8 Å². The summed E-state index contributed by atoms with van der Waals surface area (Å²) in [6.07, 6.45) is 0. The van der Waals surface area contributed by atoms with Crippen molar-refractivity contribution >= 4 is 10.9 Å². The first-order valence-corrected chi connectivity index (χ1v) is 6.63. The predicted octanol–water partition coefficient (Wildman–Crippen LogP) is 3.55. The van der Waals surface area contributed by atoms with Crippen LogP contribution in [0.15, 0.2) is 53.3 Å². The Morgan fingerprint density at radius 1 is 1.14 bits per heavy atom. The van der Waals surface area contributed by atoms with Crippen molar-refractivity contribution in [2.24, 2.45) is 0 Å². The quantitative estimate of drug-likeness (QED) is 0.798. The Bertz CT molecular complexity index is 838. The van der Waals surface area contributed by atoms with Gasteiger partial charge in [-0.25, -0.2) is 4.39 Å². The maximum Gasteiger partial charge on any atom is 0.248 e. The second kappa shape index (κ2) is 5.40. The highest BCUT2D eigenvalue weighted by Crippen LogP contribution is 2.20. The summed E-state index contributed by atoms with van der Waals surface area (Å²) in [5.74, 6) is 0.261. The molecule has 0 saturated carbocycles. The number of hydrogen-bond donors (Lipinski definition) is 1. The van der Waals surface area contributed by atoms with E-state index in [1.165, 1.54) is 18.2 Å². The molecule has 3 aromatic rings. The smallest absolute Gasteiger partial charge is 0.248 e.